The number of carbonyl (C=O) groups is 1. The third-order valence-corrected chi connectivity index (χ3v) is 5.92. The second kappa shape index (κ2) is 9.58. The van der Waals surface area contributed by atoms with Gasteiger partial charge in [0.15, 0.2) is 0 Å². The van der Waals surface area contributed by atoms with E-state index in [1.165, 1.54) is 5.56 Å². The quantitative estimate of drug-likeness (QED) is 0.822. The SMILES string of the molecule is C[C@H]1CN(Cc2ccc(C(=O)N3CCC(Nc4cccnc4)CC3)cc2)C[C@H](C)O1. The molecule has 0 aliphatic carbocycles. The molecule has 1 aromatic heterocycles. The Bertz CT molecular complexity index is 809. The normalized spacial score (nSPS) is 23.3. The number of nitrogens with zero attached hydrogens (tertiary/aromatic N) is 3. The van der Waals surface area contributed by atoms with Crippen LogP contribution in [0.25, 0.3) is 0 Å². The van der Waals surface area contributed by atoms with Crippen LogP contribution in [0.2, 0.25) is 0 Å². The van der Waals surface area contributed by atoms with Gasteiger partial charge in [-0.05, 0) is 56.5 Å². The number of aromatic nitrogens is 1. The van der Waals surface area contributed by atoms with Gasteiger partial charge in [-0.2, -0.15) is 0 Å². The topological polar surface area (TPSA) is 57.7 Å². The van der Waals surface area contributed by atoms with Gasteiger partial charge in [0.2, 0.25) is 0 Å². The molecular weight excluding hydrogens is 376 g/mol. The third-order valence-electron chi connectivity index (χ3n) is 5.92. The van der Waals surface area contributed by atoms with Gasteiger partial charge in [0, 0.05) is 56.7 Å². The first-order valence-corrected chi connectivity index (χ1v) is 11.0. The monoisotopic (exact) mass is 408 g/mol. The molecule has 160 valence electrons. The van der Waals surface area contributed by atoms with Crippen molar-refractivity contribution in [2.75, 3.05) is 31.5 Å². The highest BCUT2D eigenvalue weighted by molar-refractivity contribution is 5.94. The van der Waals surface area contributed by atoms with Crippen molar-refractivity contribution in [2.45, 2.75) is 51.5 Å². The van der Waals surface area contributed by atoms with Crippen molar-refractivity contribution < 1.29 is 9.53 Å². The van der Waals surface area contributed by atoms with E-state index in [-0.39, 0.29) is 18.1 Å². The molecule has 0 spiro atoms. The first kappa shape index (κ1) is 20.8. The molecule has 2 fully saturated rings. The van der Waals surface area contributed by atoms with Crippen LogP contribution in [-0.2, 0) is 11.3 Å². The second-order valence-electron chi connectivity index (χ2n) is 8.60. The maximum Gasteiger partial charge on any atom is 0.253 e. The van der Waals surface area contributed by atoms with Crippen molar-refractivity contribution in [1.82, 2.24) is 14.8 Å². The van der Waals surface area contributed by atoms with E-state index < -0.39 is 0 Å². The molecule has 4 rings (SSSR count). The van der Waals surface area contributed by atoms with E-state index in [1.807, 2.05) is 35.4 Å². The van der Waals surface area contributed by atoms with Gasteiger partial charge in [-0.15, -0.1) is 0 Å². The van der Waals surface area contributed by atoms with E-state index >= 15 is 0 Å². The number of rotatable bonds is 5. The Kier molecular flexibility index (Phi) is 6.65. The van der Waals surface area contributed by atoms with Crippen LogP contribution in [0.3, 0.4) is 0 Å². The van der Waals surface area contributed by atoms with Crippen LogP contribution in [0.5, 0.6) is 0 Å². The molecule has 1 amide bonds. The molecule has 6 nitrogen and oxygen atoms in total. The number of hydrogen-bond acceptors (Lipinski definition) is 5. The van der Waals surface area contributed by atoms with Crippen LogP contribution < -0.4 is 5.32 Å². The summed E-state index contributed by atoms with van der Waals surface area (Å²) in [5.41, 5.74) is 3.07. The molecule has 2 atom stereocenters. The standard InChI is InChI=1S/C24H32N4O2/c1-18-15-27(16-19(2)30-18)17-20-5-7-21(8-6-20)24(29)28-12-9-22(10-13-28)26-23-4-3-11-25-14-23/h3-8,11,14,18-19,22,26H,9-10,12-13,15-17H2,1-2H3/t18-,19-/m0/s1. The molecule has 6 heteroatoms. The molecule has 2 saturated heterocycles. The molecule has 1 aromatic carbocycles. The Balaban J connectivity index is 1.28. The lowest BCUT2D eigenvalue weighted by Gasteiger charge is -2.35. The van der Waals surface area contributed by atoms with E-state index in [0.717, 1.165) is 56.8 Å². The van der Waals surface area contributed by atoms with E-state index in [2.05, 4.69) is 41.2 Å². The Morgan fingerprint density at radius 1 is 1.10 bits per heavy atom. The number of benzene rings is 1. The largest absolute Gasteiger partial charge is 0.381 e. The van der Waals surface area contributed by atoms with Crippen LogP contribution >= 0.6 is 0 Å². The number of ether oxygens (including phenoxy) is 1. The predicted octanol–water partition coefficient (Wildman–Crippen LogP) is 3.41. The number of amides is 1. The summed E-state index contributed by atoms with van der Waals surface area (Å²) in [6.07, 6.45) is 6.06. The number of carbonyl (C=O) groups excluding carboxylic acids is 1. The number of morpholine rings is 1. The van der Waals surface area contributed by atoms with Crippen molar-refractivity contribution >= 4 is 11.6 Å². The summed E-state index contributed by atoms with van der Waals surface area (Å²) in [6, 6.07) is 12.5. The zero-order valence-corrected chi connectivity index (χ0v) is 18.0. The van der Waals surface area contributed by atoms with Gasteiger partial charge in [0.1, 0.15) is 0 Å². The molecule has 0 unspecified atom stereocenters. The van der Waals surface area contributed by atoms with Crippen molar-refractivity contribution in [3.8, 4) is 0 Å². The number of hydrogen-bond donors (Lipinski definition) is 1. The maximum absolute atomic E-state index is 12.9. The van der Waals surface area contributed by atoms with Gasteiger partial charge in [0.05, 0.1) is 17.9 Å². The lowest BCUT2D eigenvalue weighted by Crippen LogP contribution is -2.44. The van der Waals surface area contributed by atoms with Crippen LogP contribution in [0, 0.1) is 0 Å². The van der Waals surface area contributed by atoms with E-state index in [1.54, 1.807) is 6.20 Å². The van der Waals surface area contributed by atoms with Crippen molar-refractivity contribution in [2.24, 2.45) is 0 Å². The Morgan fingerprint density at radius 2 is 1.80 bits per heavy atom. The molecule has 3 heterocycles. The average molecular weight is 409 g/mol. The van der Waals surface area contributed by atoms with Gasteiger partial charge >= 0.3 is 0 Å². The lowest BCUT2D eigenvalue weighted by molar-refractivity contribution is -0.0704. The lowest BCUT2D eigenvalue weighted by atomic mass is 10.0. The highest BCUT2D eigenvalue weighted by Gasteiger charge is 2.24. The molecular formula is C24H32N4O2. The van der Waals surface area contributed by atoms with Crippen molar-refractivity contribution in [3.63, 3.8) is 0 Å². The number of nitrogens with one attached hydrogen (secondary N) is 1. The Morgan fingerprint density at radius 3 is 2.43 bits per heavy atom. The van der Waals surface area contributed by atoms with E-state index in [0.29, 0.717) is 6.04 Å². The van der Waals surface area contributed by atoms with Gasteiger partial charge in [-0.1, -0.05) is 12.1 Å². The first-order valence-electron chi connectivity index (χ1n) is 11.0. The summed E-state index contributed by atoms with van der Waals surface area (Å²) in [5.74, 6) is 0.134. The highest BCUT2D eigenvalue weighted by atomic mass is 16.5. The number of pyridine rings is 1. The third kappa shape index (κ3) is 5.37. The molecule has 30 heavy (non-hydrogen) atoms. The fourth-order valence-electron chi connectivity index (χ4n) is 4.52. The molecule has 0 radical (unpaired) electrons. The number of likely N-dealkylation sites (tertiary alicyclic amines) is 1. The summed E-state index contributed by atoms with van der Waals surface area (Å²) in [7, 11) is 0. The van der Waals surface area contributed by atoms with Crippen LogP contribution in [0.15, 0.2) is 48.8 Å². The Hall–Kier alpha value is -2.44. The number of piperidine rings is 1. The minimum absolute atomic E-state index is 0.134. The summed E-state index contributed by atoms with van der Waals surface area (Å²) in [6.45, 7) is 8.61. The van der Waals surface area contributed by atoms with Gasteiger partial charge in [-0.3, -0.25) is 14.7 Å². The van der Waals surface area contributed by atoms with Crippen molar-refractivity contribution in [3.05, 3.63) is 59.9 Å². The van der Waals surface area contributed by atoms with Crippen LogP contribution in [0.1, 0.15) is 42.6 Å². The molecule has 0 bridgehead atoms. The minimum atomic E-state index is 0.134. The molecule has 1 N–H and O–H groups in total. The smallest absolute Gasteiger partial charge is 0.253 e. The van der Waals surface area contributed by atoms with E-state index in [4.69, 9.17) is 4.74 Å². The fourth-order valence-corrected chi connectivity index (χ4v) is 4.52. The zero-order valence-electron chi connectivity index (χ0n) is 18.0. The van der Waals surface area contributed by atoms with Gasteiger partial charge in [0.25, 0.3) is 5.91 Å². The zero-order chi connectivity index (χ0) is 20.9. The van der Waals surface area contributed by atoms with Crippen LogP contribution in [-0.4, -0.2) is 65.1 Å². The first-order chi connectivity index (χ1) is 14.6. The minimum Gasteiger partial charge on any atom is -0.381 e. The van der Waals surface area contributed by atoms with Crippen molar-refractivity contribution in [1.29, 1.82) is 0 Å². The molecule has 2 aliphatic rings. The summed E-state index contributed by atoms with van der Waals surface area (Å²) < 4.78 is 5.81. The molecule has 0 saturated carbocycles. The van der Waals surface area contributed by atoms with Gasteiger partial charge in [-0.25, -0.2) is 0 Å². The maximum atomic E-state index is 12.9. The Labute approximate surface area is 179 Å². The average Bonchev–Trinajstić information content (AvgIpc) is 2.74. The summed E-state index contributed by atoms with van der Waals surface area (Å²) in [5, 5.41) is 3.52. The molecule has 2 aliphatic heterocycles. The molecule has 2 aromatic rings. The van der Waals surface area contributed by atoms with Gasteiger partial charge < -0.3 is 15.0 Å². The second-order valence-corrected chi connectivity index (χ2v) is 8.60. The summed E-state index contributed by atoms with van der Waals surface area (Å²) >= 11 is 0. The predicted molar refractivity (Wildman–Crippen MR) is 119 cm³/mol. The number of anilines is 1. The summed E-state index contributed by atoms with van der Waals surface area (Å²) in [4.78, 5) is 21.5. The van der Waals surface area contributed by atoms with Crippen LogP contribution in [0.4, 0.5) is 5.69 Å². The van der Waals surface area contributed by atoms with E-state index in [9.17, 15) is 4.79 Å². The highest BCUT2D eigenvalue weighted by Crippen LogP contribution is 2.19. The fraction of sp³-hybridized carbons (Fsp3) is 0.500.